The highest BCUT2D eigenvalue weighted by Gasteiger charge is 2.59. The minimum absolute atomic E-state index is 0.145. The summed E-state index contributed by atoms with van der Waals surface area (Å²) in [6.45, 7) is 1.59. The fourth-order valence-corrected chi connectivity index (χ4v) is 4.86. The van der Waals surface area contributed by atoms with Crippen LogP contribution in [0.1, 0.15) is 12.0 Å². The van der Waals surface area contributed by atoms with Gasteiger partial charge in [-0.3, -0.25) is 19.3 Å². The predicted octanol–water partition coefficient (Wildman–Crippen LogP) is 3.16. The van der Waals surface area contributed by atoms with Crippen LogP contribution in [0.4, 0.5) is 5.69 Å². The molecule has 1 aliphatic heterocycles. The summed E-state index contributed by atoms with van der Waals surface area (Å²) in [6.07, 6.45) is 4.95. The number of allylic oxidation sites excluding steroid dienone is 2. The molecule has 2 fully saturated rings. The predicted molar refractivity (Wildman–Crippen MR) is 97.0 cm³/mol. The number of nitrogens with zero attached hydrogens (tertiary/aromatic N) is 1. The molecule has 2 aliphatic carbocycles. The number of anilines is 1. The van der Waals surface area contributed by atoms with Crippen molar-refractivity contribution in [3.8, 4) is 0 Å². The first kappa shape index (κ1) is 16.8. The molecule has 0 aromatic heterocycles. The molecule has 1 saturated heterocycles. The molecule has 7 heteroatoms. The summed E-state index contributed by atoms with van der Waals surface area (Å²) in [5.74, 6) is -1.10. The van der Waals surface area contributed by atoms with Gasteiger partial charge >= 0.3 is 0 Å². The molecule has 4 atom stereocenters. The maximum Gasteiger partial charge on any atom is 0.244 e. The van der Waals surface area contributed by atoms with Gasteiger partial charge in [-0.15, -0.1) is 0 Å². The van der Waals surface area contributed by atoms with Gasteiger partial charge in [0.1, 0.15) is 6.54 Å². The first-order valence-corrected chi connectivity index (χ1v) is 9.33. The number of fused-ring (bicyclic) bond motifs is 5. The van der Waals surface area contributed by atoms with Crippen LogP contribution in [-0.4, -0.2) is 29.2 Å². The zero-order valence-electron chi connectivity index (χ0n) is 13.5. The van der Waals surface area contributed by atoms with E-state index in [1.807, 2.05) is 19.1 Å². The van der Waals surface area contributed by atoms with Crippen molar-refractivity contribution >= 4 is 50.9 Å². The molecule has 0 unspecified atom stereocenters. The van der Waals surface area contributed by atoms with Crippen LogP contribution in [0.15, 0.2) is 28.8 Å². The van der Waals surface area contributed by atoms with Gasteiger partial charge < -0.3 is 5.32 Å². The van der Waals surface area contributed by atoms with Gasteiger partial charge in [0.25, 0.3) is 0 Å². The number of carbonyl (C=O) groups excluding carboxylic acids is 3. The Bertz CT molecular complexity index is 808. The number of hydrogen-bond acceptors (Lipinski definition) is 3. The SMILES string of the molecule is Cc1cc(Br)c(Cl)cc1NC(=O)CN1C(=O)[C@@H]2[C@@H](C1=O)[C@H]1C=C[C@H]2C1. The van der Waals surface area contributed by atoms with Crippen LogP contribution < -0.4 is 5.32 Å². The molecule has 1 aromatic rings. The molecule has 3 aliphatic rings. The summed E-state index contributed by atoms with van der Waals surface area (Å²) in [5.41, 5.74) is 1.40. The molecule has 130 valence electrons. The lowest BCUT2D eigenvalue weighted by molar-refractivity contribution is -0.143. The number of carbonyl (C=O) groups is 3. The number of rotatable bonds is 3. The maximum atomic E-state index is 12.6. The number of imide groups is 1. The van der Waals surface area contributed by atoms with Gasteiger partial charge in [0, 0.05) is 10.2 Å². The van der Waals surface area contributed by atoms with E-state index in [1.165, 1.54) is 0 Å². The lowest BCUT2D eigenvalue weighted by Crippen LogP contribution is -2.39. The topological polar surface area (TPSA) is 66.5 Å². The van der Waals surface area contributed by atoms with E-state index in [2.05, 4.69) is 21.2 Å². The van der Waals surface area contributed by atoms with Crippen LogP contribution in [0.25, 0.3) is 0 Å². The van der Waals surface area contributed by atoms with E-state index in [-0.39, 0.29) is 42.0 Å². The number of hydrogen-bond donors (Lipinski definition) is 1. The van der Waals surface area contributed by atoms with Crippen molar-refractivity contribution in [1.29, 1.82) is 0 Å². The van der Waals surface area contributed by atoms with Crippen LogP contribution in [-0.2, 0) is 14.4 Å². The monoisotopic (exact) mass is 422 g/mol. The Morgan fingerprint density at radius 1 is 1.24 bits per heavy atom. The second-order valence-corrected chi connectivity index (χ2v) is 8.15. The van der Waals surface area contributed by atoms with Crippen LogP contribution >= 0.6 is 27.5 Å². The normalized spacial score (nSPS) is 29.5. The largest absolute Gasteiger partial charge is 0.324 e. The average molecular weight is 424 g/mol. The molecular formula is C18H16BrClN2O3. The third-order valence-electron chi connectivity index (χ3n) is 5.40. The quantitative estimate of drug-likeness (QED) is 0.600. The molecule has 0 spiro atoms. The lowest BCUT2D eigenvalue weighted by atomic mass is 9.85. The van der Waals surface area contributed by atoms with Gasteiger partial charge in [0.05, 0.1) is 16.9 Å². The van der Waals surface area contributed by atoms with Crippen LogP contribution in [0.2, 0.25) is 5.02 Å². The minimum atomic E-state index is -0.400. The number of benzene rings is 1. The van der Waals surface area contributed by atoms with Gasteiger partial charge in [-0.25, -0.2) is 0 Å². The second-order valence-electron chi connectivity index (χ2n) is 6.89. The van der Waals surface area contributed by atoms with Crippen LogP contribution in [0, 0.1) is 30.6 Å². The third-order valence-corrected chi connectivity index (χ3v) is 6.60. The van der Waals surface area contributed by atoms with Crippen molar-refractivity contribution in [2.75, 3.05) is 11.9 Å². The summed E-state index contributed by atoms with van der Waals surface area (Å²) >= 11 is 9.40. The van der Waals surface area contributed by atoms with Gasteiger partial charge in [0.2, 0.25) is 17.7 Å². The Kier molecular flexibility index (Phi) is 4.00. The Hall–Kier alpha value is -1.66. The Morgan fingerprint density at radius 3 is 2.44 bits per heavy atom. The molecule has 4 rings (SSSR count). The van der Waals surface area contributed by atoms with Crippen molar-refractivity contribution in [3.05, 3.63) is 39.3 Å². The molecular weight excluding hydrogens is 408 g/mol. The van der Waals surface area contributed by atoms with Crippen molar-refractivity contribution in [3.63, 3.8) is 0 Å². The highest BCUT2D eigenvalue weighted by Crippen LogP contribution is 2.52. The Morgan fingerprint density at radius 2 is 1.84 bits per heavy atom. The van der Waals surface area contributed by atoms with E-state index in [1.54, 1.807) is 12.1 Å². The van der Waals surface area contributed by atoms with Gasteiger partial charge in [-0.2, -0.15) is 0 Å². The number of halogens is 2. The van der Waals surface area contributed by atoms with Gasteiger partial charge in [-0.1, -0.05) is 23.8 Å². The number of amides is 3. The zero-order chi connectivity index (χ0) is 17.9. The standard InChI is InChI=1S/C18H16BrClN2O3/c1-8-4-11(19)12(20)6-13(8)21-14(23)7-22-17(24)15-9-2-3-10(5-9)16(15)18(22)25/h2-4,6,9-10,15-16H,5,7H2,1H3,(H,21,23)/t9-,10-,15-,16-/m0/s1. The zero-order valence-corrected chi connectivity index (χ0v) is 15.8. The minimum Gasteiger partial charge on any atom is -0.324 e. The summed E-state index contributed by atoms with van der Waals surface area (Å²) < 4.78 is 0.741. The number of nitrogens with one attached hydrogen (secondary N) is 1. The van der Waals surface area contributed by atoms with E-state index < -0.39 is 5.91 Å². The molecule has 1 saturated carbocycles. The summed E-state index contributed by atoms with van der Waals surface area (Å²) in [5, 5.41) is 3.22. The van der Waals surface area contributed by atoms with E-state index in [0.717, 1.165) is 21.4 Å². The summed E-state index contributed by atoms with van der Waals surface area (Å²) in [6, 6.07) is 3.45. The highest BCUT2D eigenvalue weighted by atomic mass is 79.9. The molecule has 1 aromatic carbocycles. The first-order valence-electron chi connectivity index (χ1n) is 8.16. The summed E-state index contributed by atoms with van der Waals surface area (Å²) in [4.78, 5) is 38.7. The van der Waals surface area contributed by atoms with E-state index in [4.69, 9.17) is 11.6 Å². The van der Waals surface area contributed by atoms with Crippen molar-refractivity contribution in [2.24, 2.45) is 23.7 Å². The van der Waals surface area contributed by atoms with E-state index in [0.29, 0.717) is 10.7 Å². The number of likely N-dealkylation sites (tertiary alicyclic amines) is 1. The molecule has 25 heavy (non-hydrogen) atoms. The maximum absolute atomic E-state index is 12.6. The average Bonchev–Trinajstić information content (AvgIpc) is 3.22. The molecule has 0 radical (unpaired) electrons. The van der Waals surface area contributed by atoms with E-state index in [9.17, 15) is 14.4 Å². The van der Waals surface area contributed by atoms with E-state index >= 15 is 0 Å². The lowest BCUT2D eigenvalue weighted by Gasteiger charge is -2.17. The number of aryl methyl sites for hydroxylation is 1. The van der Waals surface area contributed by atoms with Gasteiger partial charge in [0.15, 0.2) is 0 Å². The van der Waals surface area contributed by atoms with Gasteiger partial charge in [-0.05, 0) is 58.8 Å². The van der Waals surface area contributed by atoms with Crippen molar-refractivity contribution in [1.82, 2.24) is 4.90 Å². The van der Waals surface area contributed by atoms with Crippen molar-refractivity contribution < 1.29 is 14.4 Å². The van der Waals surface area contributed by atoms with Crippen molar-refractivity contribution in [2.45, 2.75) is 13.3 Å². The second kappa shape index (κ2) is 5.95. The fourth-order valence-electron chi connectivity index (χ4n) is 4.23. The molecule has 2 bridgehead atoms. The molecule has 5 nitrogen and oxygen atoms in total. The fraction of sp³-hybridized carbons (Fsp3) is 0.389. The Balaban J connectivity index is 1.48. The van der Waals surface area contributed by atoms with Crippen LogP contribution in [0.3, 0.4) is 0 Å². The highest BCUT2D eigenvalue weighted by molar-refractivity contribution is 9.10. The molecule has 3 amide bonds. The molecule has 1 N–H and O–H groups in total. The first-order chi connectivity index (χ1) is 11.9. The Labute approximate surface area is 158 Å². The van der Waals surface area contributed by atoms with Crippen LogP contribution in [0.5, 0.6) is 0 Å². The third kappa shape index (κ3) is 2.62. The molecule has 1 heterocycles. The smallest absolute Gasteiger partial charge is 0.244 e. The summed E-state index contributed by atoms with van der Waals surface area (Å²) in [7, 11) is 0.